The lowest BCUT2D eigenvalue weighted by molar-refractivity contribution is -0.141. The standard InChI is InChI=1S/C12H21N3O4/c1-3-9-10(16)13-6-7-15(9)12(19)14-5-4-8(2)11(17)18/h8-9H,3-7H2,1-2H3,(H,13,16)(H,14,19)(H,17,18). The average molecular weight is 271 g/mol. The van der Waals surface area contributed by atoms with Crippen LogP contribution in [-0.4, -0.2) is 53.6 Å². The van der Waals surface area contributed by atoms with E-state index in [1.165, 1.54) is 4.90 Å². The molecule has 1 fully saturated rings. The van der Waals surface area contributed by atoms with Crippen LogP contribution in [0.15, 0.2) is 0 Å². The van der Waals surface area contributed by atoms with Crippen molar-refractivity contribution in [2.45, 2.75) is 32.7 Å². The van der Waals surface area contributed by atoms with E-state index in [0.717, 1.165) is 0 Å². The van der Waals surface area contributed by atoms with Gasteiger partial charge in [-0.25, -0.2) is 4.79 Å². The second-order valence-corrected chi connectivity index (χ2v) is 4.67. The van der Waals surface area contributed by atoms with Gasteiger partial charge in [0.05, 0.1) is 5.92 Å². The Bertz CT molecular complexity index is 359. The Hall–Kier alpha value is -1.79. The van der Waals surface area contributed by atoms with Crippen LogP contribution in [0, 0.1) is 5.92 Å². The maximum Gasteiger partial charge on any atom is 0.318 e. The molecule has 7 nitrogen and oxygen atoms in total. The molecule has 19 heavy (non-hydrogen) atoms. The summed E-state index contributed by atoms with van der Waals surface area (Å²) in [5.74, 6) is -1.51. The van der Waals surface area contributed by atoms with Gasteiger partial charge >= 0.3 is 12.0 Å². The van der Waals surface area contributed by atoms with Gasteiger partial charge in [-0.1, -0.05) is 13.8 Å². The molecule has 0 aromatic rings. The molecule has 1 heterocycles. The van der Waals surface area contributed by atoms with Gasteiger partial charge in [-0.3, -0.25) is 9.59 Å². The molecule has 3 N–H and O–H groups in total. The van der Waals surface area contributed by atoms with Crippen molar-refractivity contribution in [2.75, 3.05) is 19.6 Å². The Morgan fingerprint density at radius 2 is 2.26 bits per heavy atom. The highest BCUT2D eigenvalue weighted by Gasteiger charge is 2.31. The molecule has 1 saturated heterocycles. The van der Waals surface area contributed by atoms with Crippen molar-refractivity contribution in [1.82, 2.24) is 15.5 Å². The highest BCUT2D eigenvalue weighted by Crippen LogP contribution is 2.08. The Balaban J connectivity index is 2.43. The fourth-order valence-electron chi connectivity index (χ4n) is 1.98. The number of rotatable bonds is 5. The number of carbonyl (C=O) groups is 3. The normalized spacial score (nSPS) is 20.6. The Labute approximate surface area is 112 Å². The third-order valence-electron chi connectivity index (χ3n) is 3.25. The topological polar surface area (TPSA) is 98.7 Å². The molecule has 2 unspecified atom stereocenters. The lowest BCUT2D eigenvalue weighted by atomic mass is 10.1. The number of amides is 3. The number of piperazine rings is 1. The van der Waals surface area contributed by atoms with Crippen molar-refractivity contribution >= 4 is 17.9 Å². The van der Waals surface area contributed by atoms with Crippen LogP contribution in [0.2, 0.25) is 0 Å². The van der Waals surface area contributed by atoms with E-state index in [-0.39, 0.29) is 11.9 Å². The minimum atomic E-state index is -0.877. The minimum Gasteiger partial charge on any atom is -0.481 e. The Morgan fingerprint density at radius 1 is 1.58 bits per heavy atom. The van der Waals surface area contributed by atoms with E-state index in [2.05, 4.69) is 10.6 Å². The monoisotopic (exact) mass is 271 g/mol. The van der Waals surface area contributed by atoms with Crippen LogP contribution in [-0.2, 0) is 9.59 Å². The summed E-state index contributed by atoms with van der Waals surface area (Å²) in [7, 11) is 0. The minimum absolute atomic E-state index is 0.136. The van der Waals surface area contributed by atoms with Gasteiger partial charge in [0.1, 0.15) is 6.04 Å². The maximum atomic E-state index is 12.0. The molecule has 0 saturated carbocycles. The molecule has 3 amide bonds. The first-order valence-electron chi connectivity index (χ1n) is 6.52. The lowest BCUT2D eigenvalue weighted by Crippen LogP contribution is -2.59. The van der Waals surface area contributed by atoms with Gasteiger partial charge in [-0.05, 0) is 12.8 Å². The number of urea groups is 1. The summed E-state index contributed by atoms with van der Waals surface area (Å²) < 4.78 is 0. The van der Waals surface area contributed by atoms with Gasteiger partial charge in [0.15, 0.2) is 0 Å². The number of aliphatic carboxylic acids is 1. The molecule has 108 valence electrons. The molecule has 2 atom stereocenters. The first-order chi connectivity index (χ1) is 8.97. The molecule has 1 aliphatic rings. The van der Waals surface area contributed by atoms with Gasteiger partial charge in [-0.2, -0.15) is 0 Å². The van der Waals surface area contributed by atoms with Crippen molar-refractivity contribution in [1.29, 1.82) is 0 Å². The quantitative estimate of drug-likeness (QED) is 0.656. The summed E-state index contributed by atoms with van der Waals surface area (Å²) in [6.07, 6.45) is 0.933. The van der Waals surface area contributed by atoms with Crippen LogP contribution in [0.25, 0.3) is 0 Å². The van der Waals surface area contributed by atoms with E-state index in [1.807, 2.05) is 6.92 Å². The van der Waals surface area contributed by atoms with Gasteiger partial charge in [0.25, 0.3) is 0 Å². The number of nitrogens with one attached hydrogen (secondary N) is 2. The summed E-state index contributed by atoms with van der Waals surface area (Å²) in [6.45, 7) is 4.67. The fourth-order valence-corrected chi connectivity index (χ4v) is 1.98. The van der Waals surface area contributed by atoms with E-state index >= 15 is 0 Å². The third-order valence-corrected chi connectivity index (χ3v) is 3.25. The van der Waals surface area contributed by atoms with Crippen LogP contribution in [0.3, 0.4) is 0 Å². The zero-order valence-corrected chi connectivity index (χ0v) is 11.3. The Kier molecular flexibility index (Phi) is 5.59. The van der Waals surface area contributed by atoms with Gasteiger partial charge in [-0.15, -0.1) is 0 Å². The fraction of sp³-hybridized carbons (Fsp3) is 0.750. The summed E-state index contributed by atoms with van der Waals surface area (Å²) in [4.78, 5) is 35.7. The number of carboxylic acid groups (broad SMARTS) is 1. The molecule has 1 rings (SSSR count). The number of carboxylic acids is 1. The summed E-state index contributed by atoms with van der Waals surface area (Å²) in [5, 5.41) is 14.1. The number of hydrogen-bond acceptors (Lipinski definition) is 3. The molecule has 1 aliphatic heterocycles. The molecule has 0 spiro atoms. The molecule has 0 aliphatic carbocycles. The van der Waals surface area contributed by atoms with Gasteiger partial charge in [0.2, 0.25) is 5.91 Å². The van der Waals surface area contributed by atoms with E-state index in [1.54, 1.807) is 6.92 Å². The Morgan fingerprint density at radius 3 is 2.84 bits per heavy atom. The summed E-state index contributed by atoms with van der Waals surface area (Å²) >= 11 is 0. The summed E-state index contributed by atoms with van der Waals surface area (Å²) in [5.41, 5.74) is 0. The van der Waals surface area contributed by atoms with E-state index in [0.29, 0.717) is 32.5 Å². The predicted molar refractivity (Wildman–Crippen MR) is 68.6 cm³/mol. The zero-order valence-electron chi connectivity index (χ0n) is 11.3. The predicted octanol–water partition coefficient (Wildman–Crippen LogP) is 0.0172. The lowest BCUT2D eigenvalue weighted by Gasteiger charge is -2.34. The van der Waals surface area contributed by atoms with Crippen LogP contribution in [0.5, 0.6) is 0 Å². The molecule has 0 radical (unpaired) electrons. The third kappa shape index (κ3) is 4.11. The maximum absolute atomic E-state index is 12.0. The van der Waals surface area contributed by atoms with Crippen molar-refractivity contribution in [3.05, 3.63) is 0 Å². The first-order valence-corrected chi connectivity index (χ1v) is 6.52. The SMILES string of the molecule is CCC1C(=O)NCCN1C(=O)NCCC(C)C(=O)O. The molecule has 0 bridgehead atoms. The van der Waals surface area contributed by atoms with Crippen LogP contribution >= 0.6 is 0 Å². The molecule has 0 aromatic carbocycles. The van der Waals surface area contributed by atoms with E-state index in [4.69, 9.17) is 5.11 Å². The molecule has 0 aromatic heterocycles. The van der Waals surface area contributed by atoms with Crippen molar-refractivity contribution in [3.8, 4) is 0 Å². The van der Waals surface area contributed by atoms with Crippen LogP contribution in [0.4, 0.5) is 4.79 Å². The summed E-state index contributed by atoms with van der Waals surface area (Å²) in [6, 6.07) is -0.745. The van der Waals surface area contributed by atoms with E-state index in [9.17, 15) is 14.4 Å². The number of nitrogens with zero attached hydrogens (tertiary/aromatic N) is 1. The largest absolute Gasteiger partial charge is 0.481 e. The molecular formula is C12H21N3O4. The van der Waals surface area contributed by atoms with Crippen LogP contribution in [0.1, 0.15) is 26.7 Å². The smallest absolute Gasteiger partial charge is 0.318 e. The average Bonchev–Trinajstić information content (AvgIpc) is 2.37. The van der Waals surface area contributed by atoms with Crippen molar-refractivity contribution in [2.24, 2.45) is 5.92 Å². The molecule has 7 heteroatoms. The van der Waals surface area contributed by atoms with Gasteiger partial charge in [0, 0.05) is 19.6 Å². The van der Waals surface area contributed by atoms with Gasteiger partial charge < -0.3 is 20.6 Å². The van der Waals surface area contributed by atoms with Crippen molar-refractivity contribution < 1.29 is 19.5 Å². The van der Waals surface area contributed by atoms with E-state index < -0.39 is 17.9 Å². The highest BCUT2D eigenvalue weighted by molar-refractivity contribution is 5.88. The van der Waals surface area contributed by atoms with Crippen molar-refractivity contribution in [3.63, 3.8) is 0 Å². The first kappa shape index (κ1) is 15.3. The number of hydrogen-bond donors (Lipinski definition) is 3. The van der Waals surface area contributed by atoms with Crippen LogP contribution < -0.4 is 10.6 Å². The second-order valence-electron chi connectivity index (χ2n) is 4.67. The molecular weight excluding hydrogens is 250 g/mol. The zero-order chi connectivity index (χ0) is 14.4. The second kappa shape index (κ2) is 6.96. The number of carbonyl (C=O) groups excluding carboxylic acids is 2. The highest BCUT2D eigenvalue weighted by atomic mass is 16.4.